The molecule has 0 radical (unpaired) electrons. The Kier molecular flexibility index (Phi) is 3.87. The molecular formula is C14H13F3N2. The Hall–Kier alpha value is -1.85. The lowest BCUT2D eigenvalue weighted by Crippen LogP contribution is -2.29. The van der Waals surface area contributed by atoms with E-state index >= 15 is 0 Å². The van der Waals surface area contributed by atoms with Gasteiger partial charge in [0.05, 0.1) is 6.04 Å². The molecule has 0 aliphatic heterocycles. The van der Waals surface area contributed by atoms with E-state index in [1.54, 1.807) is 25.1 Å². The van der Waals surface area contributed by atoms with Gasteiger partial charge in [0, 0.05) is 5.56 Å². The minimum Gasteiger partial charge on any atom is -0.271 e. The van der Waals surface area contributed by atoms with Gasteiger partial charge in [0.2, 0.25) is 0 Å². The van der Waals surface area contributed by atoms with Gasteiger partial charge in [-0.2, -0.15) is 0 Å². The maximum absolute atomic E-state index is 14.0. The fourth-order valence-electron chi connectivity index (χ4n) is 1.95. The van der Waals surface area contributed by atoms with Crippen LogP contribution in [0.2, 0.25) is 0 Å². The van der Waals surface area contributed by atoms with E-state index in [1.165, 1.54) is 6.07 Å². The molecule has 0 amide bonds. The third-order valence-corrected chi connectivity index (χ3v) is 2.98. The van der Waals surface area contributed by atoms with Gasteiger partial charge in [-0.25, -0.2) is 18.6 Å². The van der Waals surface area contributed by atoms with Crippen molar-refractivity contribution in [3.8, 4) is 0 Å². The van der Waals surface area contributed by atoms with Crippen LogP contribution in [-0.4, -0.2) is 0 Å². The summed E-state index contributed by atoms with van der Waals surface area (Å²) in [6.45, 7) is 1.62. The molecule has 0 heterocycles. The van der Waals surface area contributed by atoms with Crippen LogP contribution in [0.15, 0.2) is 36.4 Å². The van der Waals surface area contributed by atoms with E-state index < -0.39 is 23.5 Å². The molecule has 0 aliphatic rings. The highest BCUT2D eigenvalue weighted by Gasteiger charge is 2.18. The van der Waals surface area contributed by atoms with Crippen molar-refractivity contribution < 1.29 is 13.2 Å². The summed E-state index contributed by atoms with van der Waals surface area (Å²) < 4.78 is 40.2. The third-order valence-electron chi connectivity index (χ3n) is 2.98. The molecule has 2 aromatic carbocycles. The highest BCUT2D eigenvalue weighted by atomic mass is 19.2. The van der Waals surface area contributed by atoms with Crippen molar-refractivity contribution in [2.45, 2.75) is 13.0 Å². The third kappa shape index (κ3) is 2.62. The molecule has 0 fully saturated rings. The minimum atomic E-state index is -0.995. The lowest BCUT2D eigenvalue weighted by atomic mass is 9.97. The topological polar surface area (TPSA) is 38.0 Å². The molecule has 3 N–H and O–H groups in total. The number of hydrogen-bond donors (Lipinski definition) is 2. The molecule has 0 spiro atoms. The number of rotatable bonds is 3. The second-order valence-corrected chi connectivity index (χ2v) is 4.25. The molecule has 2 nitrogen and oxygen atoms in total. The number of hydrogen-bond acceptors (Lipinski definition) is 2. The van der Waals surface area contributed by atoms with Crippen molar-refractivity contribution in [3.05, 3.63) is 70.5 Å². The molecule has 100 valence electrons. The van der Waals surface area contributed by atoms with Gasteiger partial charge < -0.3 is 0 Å². The number of nitrogens with one attached hydrogen (secondary N) is 1. The Bertz CT molecular complexity index is 599. The Morgan fingerprint density at radius 1 is 1.05 bits per heavy atom. The molecule has 0 aliphatic carbocycles. The maximum Gasteiger partial charge on any atom is 0.159 e. The van der Waals surface area contributed by atoms with Crippen LogP contribution in [0.1, 0.15) is 22.7 Å². The minimum absolute atomic E-state index is 0.286. The van der Waals surface area contributed by atoms with Gasteiger partial charge in [-0.15, -0.1) is 0 Å². The summed E-state index contributed by atoms with van der Waals surface area (Å²) in [5.41, 5.74) is 3.52. The van der Waals surface area contributed by atoms with Gasteiger partial charge in [-0.3, -0.25) is 5.84 Å². The predicted molar refractivity (Wildman–Crippen MR) is 66.7 cm³/mol. The van der Waals surface area contributed by atoms with Gasteiger partial charge in [-0.05, 0) is 30.2 Å². The van der Waals surface area contributed by atoms with E-state index in [4.69, 9.17) is 5.84 Å². The predicted octanol–water partition coefficient (Wildman–Crippen LogP) is 2.97. The number of hydrazine groups is 1. The Morgan fingerprint density at radius 2 is 1.79 bits per heavy atom. The second-order valence-electron chi connectivity index (χ2n) is 4.25. The van der Waals surface area contributed by atoms with E-state index in [-0.39, 0.29) is 5.56 Å². The van der Waals surface area contributed by atoms with Gasteiger partial charge in [0.1, 0.15) is 5.82 Å². The molecular weight excluding hydrogens is 253 g/mol. The average molecular weight is 266 g/mol. The van der Waals surface area contributed by atoms with Crippen LogP contribution in [0, 0.1) is 24.4 Å². The summed E-state index contributed by atoms with van der Waals surface area (Å²) in [4.78, 5) is 0. The standard InChI is InChI=1S/C14H13F3N2/c1-8-3-2-4-10(13(8)17)14(19-18)9-5-6-11(15)12(16)7-9/h2-7,14,19H,18H2,1H3. The second kappa shape index (κ2) is 5.42. The van der Waals surface area contributed by atoms with Crippen molar-refractivity contribution in [1.82, 2.24) is 5.43 Å². The van der Waals surface area contributed by atoms with Crippen molar-refractivity contribution in [2.24, 2.45) is 5.84 Å². The Morgan fingerprint density at radius 3 is 2.42 bits per heavy atom. The largest absolute Gasteiger partial charge is 0.271 e. The van der Waals surface area contributed by atoms with E-state index in [9.17, 15) is 13.2 Å². The Balaban J connectivity index is 2.50. The van der Waals surface area contributed by atoms with Crippen molar-refractivity contribution in [1.29, 1.82) is 0 Å². The van der Waals surface area contributed by atoms with E-state index in [0.29, 0.717) is 11.1 Å². The lowest BCUT2D eigenvalue weighted by molar-refractivity contribution is 0.501. The molecule has 2 rings (SSSR count). The molecule has 1 unspecified atom stereocenters. The maximum atomic E-state index is 14.0. The highest BCUT2D eigenvalue weighted by molar-refractivity contribution is 5.35. The number of aryl methyl sites for hydroxylation is 1. The van der Waals surface area contributed by atoms with E-state index in [1.807, 2.05) is 0 Å². The molecule has 2 aromatic rings. The molecule has 0 bridgehead atoms. The first-order chi connectivity index (χ1) is 9.04. The average Bonchev–Trinajstić information content (AvgIpc) is 2.39. The fourth-order valence-corrected chi connectivity index (χ4v) is 1.95. The normalized spacial score (nSPS) is 12.5. The van der Waals surface area contributed by atoms with Crippen molar-refractivity contribution >= 4 is 0 Å². The van der Waals surface area contributed by atoms with Crippen LogP contribution >= 0.6 is 0 Å². The highest BCUT2D eigenvalue weighted by Crippen LogP contribution is 2.26. The first-order valence-electron chi connectivity index (χ1n) is 5.70. The molecule has 1 atom stereocenters. The molecule has 0 saturated carbocycles. The summed E-state index contributed by atoms with van der Waals surface area (Å²) in [7, 11) is 0. The summed E-state index contributed by atoms with van der Waals surface area (Å²) in [5, 5.41) is 0. The number of nitrogens with two attached hydrogens (primary N) is 1. The van der Waals surface area contributed by atoms with Crippen LogP contribution in [0.25, 0.3) is 0 Å². The monoisotopic (exact) mass is 266 g/mol. The molecule has 19 heavy (non-hydrogen) atoms. The fraction of sp³-hybridized carbons (Fsp3) is 0.143. The van der Waals surface area contributed by atoms with Gasteiger partial charge >= 0.3 is 0 Å². The summed E-state index contributed by atoms with van der Waals surface area (Å²) in [5.74, 6) is 3.04. The van der Waals surface area contributed by atoms with Crippen molar-refractivity contribution in [3.63, 3.8) is 0 Å². The van der Waals surface area contributed by atoms with Gasteiger partial charge in [-0.1, -0.05) is 24.3 Å². The van der Waals surface area contributed by atoms with E-state index in [2.05, 4.69) is 5.43 Å². The zero-order valence-electron chi connectivity index (χ0n) is 10.3. The summed E-state index contributed by atoms with van der Waals surface area (Å²) >= 11 is 0. The van der Waals surface area contributed by atoms with Crippen LogP contribution in [-0.2, 0) is 0 Å². The number of halogens is 3. The van der Waals surface area contributed by atoms with Crippen LogP contribution < -0.4 is 11.3 Å². The SMILES string of the molecule is Cc1cccc(C(NN)c2ccc(F)c(F)c2)c1F. The van der Waals surface area contributed by atoms with Crippen molar-refractivity contribution in [2.75, 3.05) is 0 Å². The molecule has 0 saturated heterocycles. The smallest absolute Gasteiger partial charge is 0.159 e. The first kappa shape index (κ1) is 13.6. The van der Waals surface area contributed by atoms with Crippen LogP contribution in [0.3, 0.4) is 0 Å². The lowest BCUT2D eigenvalue weighted by Gasteiger charge is -2.18. The summed E-state index contributed by atoms with van der Waals surface area (Å²) in [6.07, 6.45) is 0. The van der Waals surface area contributed by atoms with E-state index in [0.717, 1.165) is 12.1 Å². The molecule has 5 heteroatoms. The van der Waals surface area contributed by atoms with Crippen LogP contribution in [0.5, 0.6) is 0 Å². The molecule has 0 aromatic heterocycles. The Labute approximate surface area is 109 Å². The zero-order valence-corrected chi connectivity index (χ0v) is 10.3. The van der Waals surface area contributed by atoms with Gasteiger partial charge in [0.15, 0.2) is 11.6 Å². The first-order valence-corrected chi connectivity index (χ1v) is 5.70. The van der Waals surface area contributed by atoms with Crippen LogP contribution in [0.4, 0.5) is 13.2 Å². The van der Waals surface area contributed by atoms with Gasteiger partial charge in [0.25, 0.3) is 0 Å². The number of benzene rings is 2. The quantitative estimate of drug-likeness (QED) is 0.662. The summed E-state index contributed by atoms with van der Waals surface area (Å²) in [6, 6.07) is 7.47. The zero-order chi connectivity index (χ0) is 14.0.